The van der Waals surface area contributed by atoms with E-state index in [0.717, 1.165) is 18.9 Å². The molecule has 0 bridgehead atoms. The third-order valence-electron chi connectivity index (χ3n) is 3.60. The fourth-order valence-electron chi connectivity index (χ4n) is 2.65. The number of fused-ring (bicyclic) bond motifs is 1. The molecule has 1 fully saturated rings. The molecule has 1 aliphatic carbocycles. The predicted molar refractivity (Wildman–Crippen MR) is 59.8 cm³/mol. The van der Waals surface area contributed by atoms with Crippen LogP contribution in [0.4, 0.5) is 20.2 Å². The number of benzene rings is 1. The van der Waals surface area contributed by atoms with Gasteiger partial charge in [0.25, 0.3) is 0 Å². The summed E-state index contributed by atoms with van der Waals surface area (Å²) in [7, 11) is 0. The van der Waals surface area contributed by atoms with Gasteiger partial charge in [-0.25, -0.2) is 8.78 Å². The first-order valence-electron chi connectivity index (χ1n) is 5.70. The van der Waals surface area contributed by atoms with Crippen LogP contribution >= 0.6 is 0 Å². The van der Waals surface area contributed by atoms with Gasteiger partial charge in [0.15, 0.2) is 11.6 Å². The van der Waals surface area contributed by atoms with Crippen LogP contribution in [0.25, 0.3) is 0 Å². The Hall–Kier alpha value is -1.65. The highest BCUT2D eigenvalue weighted by Crippen LogP contribution is 2.41. The van der Waals surface area contributed by atoms with Gasteiger partial charge in [-0.2, -0.15) is 0 Å². The number of nitrogens with one attached hydrogen (secondary N) is 2. The second kappa shape index (κ2) is 3.42. The zero-order valence-corrected chi connectivity index (χ0v) is 9.15. The number of hydrogen-bond acceptors (Lipinski definition) is 2. The molecule has 1 aromatic rings. The normalized spacial score (nSPS) is 20.9. The average Bonchev–Trinajstić information content (AvgIpc) is 2.77. The maximum Gasteiger partial charge on any atom is 0.250 e. The molecule has 0 aromatic heterocycles. The van der Waals surface area contributed by atoms with Crippen LogP contribution in [0.15, 0.2) is 12.1 Å². The Kier molecular flexibility index (Phi) is 2.11. The Balaban J connectivity index is 2.08. The van der Waals surface area contributed by atoms with Crippen LogP contribution in [0.1, 0.15) is 25.7 Å². The van der Waals surface area contributed by atoms with Gasteiger partial charge in [0.2, 0.25) is 5.91 Å². The van der Waals surface area contributed by atoms with Gasteiger partial charge in [-0.1, -0.05) is 12.8 Å². The minimum Gasteiger partial charge on any atom is -0.367 e. The summed E-state index contributed by atoms with van der Waals surface area (Å²) in [6.07, 6.45) is 3.17. The van der Waals surface area contributed by atoms with Crippen molar-refractivity contribution in [3.05, 3.63) is 23.8 Å². The Bertz CT molecular complexity index is 496. The van der Waals surface area contributed by atoms with Gasteiger partial charge in [0, 0.05) is 0 Å². The summed E-state index contributed by atoms with van der Waals surface area (Å²) in [6.45, 7) is 0. The van der Waals surface area contributed by atoms with Crippen molar-refractivity contribution in [1.29, 1.82) is 0 Å². The smallest absolute Gasteiger partial charge is 0.250 e. The predicted octanol–water partition coefficient (Wildman–Crippen LogP) is 2.64. The van der Waals surface area contributed by atoms with Crippen LogP contribution < -0.4 is 10.6 Å². The lowest BCUT2D eigenvalue weighted by Gasteiger charge is -2.35. The molecule has 0 saturated heterocycles. The van der Waals surface area contributed by atoms with Crippen molar-refractivity contribution in [2.75, 3.05) is 10.6 Å². The minimum atomic E-state index is -0.922. The zero-order chi connectivity index (χ0) is 12.0. The number of amides is 1. The Morgan fingerprint density at radius 1 is 1.18 bits per heavy atom. The summed E-state index contributed by atoms with van der Waals surface area (Å²) >= 11 is 0. The molecule has 1 heterocycles. The van der Waals surface area contributed by atoms with Crippen molar-refractivity contribution in [1.82, 2.24) is 0 Å². The largest absolute Gasteiger partial charge is 0.367 e. The summed E-state index contributed by atoms with van der Waals surface area (Å²) in [6, 6.07) is 2.39. The van der Waals surface area contributed by atoms with Crippen LogP contribution in [0.2, 0.25) is 0 Å². The average molecular weight is 238 g/mol. The van der Waals surface area contributed by atoms with Gasteiger partial charge in [-0.05, 0) is 25.0 Å². The molecule has 1 aromatic carbocycles. The summed E-state index contributed by atoms with van der Waals surface area (Å²) in [4.78, 5) is 12.0. The zero-order valence-electron chi connectivity index (χ0n) is 9.15. The van der Waals surface area contributed by atoms with Crippen molar-refractivity contribution in [2.45, 2.75) is 31.2 Å². The Morgan fingerprint density at radius 3 is 2.59 bits per heavy atom. The molecular weight excluding hydrogens is 226 g/mol. The molecule has 0 atom stereocenters. The monoisotopic (exact) mass is 238 g/mol. The van der Waals surface area contributed by atoms with Crippen LogP contribution in [-0.4, -0.2) is 11.4 Å². The third-order valence-corrected chi connectivity index (χ3v) is 3.60. The van der Waals surface area contributed by atoms with Gasteiger partial charge in [0.05, 0.1) is 11.4 Å². The van der Waals surface area contributed by atoms with Crippen LogP contribution in [0, 0.1) is 11.6 Å². The van der Waals surface area contributed by atoms with Gasteiger partial charge < -0.3 is 10.6 Å². The molecule has 17 heavy (non-hydrogen) atoms. The molecule has 1 amide bonds. The number of hydrogen-bond donors (Lipinski definition) is 2. The first-order valence-corrected chi connectivity index (χ1v) is 5.70. The fourth-order valence-corrected chi connectivity index (χ4v) is 2.65. The topological polar surface area (TPSA) is 41.1 Å². The van der Waals surface area contributed by atoms with E-state index in [0.29, 0.717) is 18.5 Å². The summed E-state index contributed by atoms with van der Waals surface area (Å²) in [5.74, 6) is -1.97. The van der Waals surface area contributed by atoms with Crippen molar-refractivity contribution < 1.29 is 13.6 Å². The fraction of sp³-hybridized carbons (Fsp3) is 0.417. The lowest BCUT2D eigenvalue weighted by atomic mass is 9.93. The van der Waals surface area contributed by atoms with Crippen LogP contribution in [0.5, 0.6) is 0 Å². The second-order valence-electron chi connectivity index (χ2n) is 4.65. The lowest BCUT2D eigenvalue weighted by Crippen LogP contribution is -2.50. The molecular formula is C12H12F2N2O. The SMILES string of the molecule is O=C1Nc2ccc(F)c(F)c2NC12CCCC2. The summed E-state index contributed by atoms with van der Waals surface area (Å²) in [5, 5.41) is 5.56. The minimum absolute atomic E-state index is 0.0755. The molecule has 1 saturated carbocycles. The maximum absolute atomic E-state index is 13.7. The Morgan fingerprint density at radius 2 is 1.88 bits per heavy atom. The molecule has 2 N–H and O–H groups in total. The lowest BCUT2D eigenvalue weighted by molar-refractivity contribution is -0.120. The van der Waals surface area contributed by atoms with E-state index in [1.54, 1.807) is 0 Å². The quantitative estimate of drug-likeness (QED) is 0.729. The van der Waals surface area contributed by atoms with Crippen molar-refractivity contribution >= 4 is 17.3 Å². The third kappa shape index (κ3) is 1.41. The van der Waals surface area contributed by atoms with Crippen LogP contribution in [0.3, 0.4) is 0 Å². The number of anilines is 2. The summed E-state index contributed by atoms with van der Waals surface area (Å²) in [5.41, 5.74) is -0.361. The molecule has 2 aliphatic rings. The van der Waals surface area contributed by atoms with Gasteiger partial charge >= 0.3 is 0 Å². The highest BCUT2D eigenvalue weighted by Gasteiger charge is 2.45. The number of carbonyl (C=O) groups excluding carboxylic acids is 1. The highest BCUT2D eigenvalue weighted by atomic mass is 19.2. The van der Waals surface area contributed by atoms with E-state index in [-0.39, 0.29) is 11.6 Å². The van der Waals surface area contributed by atoms with E-state index < -0.39 is 17.2 Å². The van der Waals surface area contributed by atoms with Crippen LogP contribution in [-0.2, 0) is 4.79 Å². The molecule has 1 spiro atoms. The molecule has 5 heteroatoms. The maximum atomic E-state index is 13.7. The van der Waals surface area contributed by atoms with E-state index in [2.05, 4.69) is 10.6 Å². The van der Waals surface area contributed by atoms with E-state index >= 15 is 0 Å². The molecule has 0 radical (unpaired) electrons. The molecule has 0 unspecified atom stereocenters. The van der Waals surface area contributed by atoms with E-state index in [4.69, 9.17) is 0 Å². The van der Waals surface area contributed by atoms with Crippen molar-refractivity contribution in [3.8, 4) is 0 Å². The first kappa shape index (κ1) is 10.5. The van der Waals surface area contributed by atoms with Gasteiger partial charge in [-0.3, -0.25) is 4.79 Å². The first-order chi connectivity index (χ1) is 8.12. The van der Waals surface area contributed by atoms with E-state index in [9.17, 15) is 13.6 Å². The van der Waals surface area contributed by atoms with E-state index in [1.807, 2.05) is 0 Å². The number of carbonyl (C=O) groups is 1. The molecule has 90 valence electrons. The molecule has 1 aliphatic heterocycles. The summed E-state index contributed by atoms with van der Waals surface area (Å²) < 4.78 is 26.8. The van der Waals surface area contributed by atoms with Gasteiger partial charge in [0.1, 0.15) is 5.54 Å². The van der Waals surface area contributed by atoms with Crippen molar-refractivity contribution in [3.63, 3.8) is 0 Å². The molecule has 3 rings (SSSR count). The number of rotatable bonds is 0. The second-order valence-corrected chi connectivity index (χ2v) is 4.65. The van der Waals surface area contributed by atoms with Crippen molar-refractivity contribution in [2.24, 2.45) is 0 Å². The highest BCUT2D eigenvalue weighted by molar-refractivity contribution is 6.06. The van der Waals surface area contributed by atoms with Gasteiger partial charge in [-0.15, -0.1) is 0 Å². The molecule has 3 nitrogen and oxygen atoms in total. The Labute approximate surface area is 97.2 Å². The standard InChI is InChI=1S/C12H12F2N2O/c13-7-3-4-8-10(9(7)14)16-12(11(17)15-8)5-1-2-6-12/h3-4,16H,1-2,5-6H2,(H,15,17). The number of halogens is 2. The van der Waals surface area contributed by atoms with E-state index in [1.165, 1.54) is 6.07 Å².